The molecule has 0 fully saturated rings. The van der Waals surface area contributed by atoms with Crippen LogP contribution in [0.15, 0.2) is 81.2 Å². The second kappa shape index (κ2) is 10.9. The van der Waals surface area contributed by atoms with Gasteiger partial charge in [-0.3, -0.25) is 4.79 Å². The number of benzene rings is 3. The number of nitrogens with one attached hydrogen (secondary N) is 1. The van der Waals surface area contributed by atoms with Gasteiger partial charge in [-0.1, -0.05) is 59.3 Å². The summed E-state index contributed by atoms with van der Waals surface area (Å²) in [5, 5.41) is 12.2. The minimum atomic E-state index is -0.447. The quantitative estimate of drug-likeness (QED) is 0.262. The molecule has 3 aromatic rings. The fourth-order valence-electron chi connectivity index (χ4n) is 2.83. The number of nitriles is 1. The number of ether oxygens (including phenoxy) is 1. The van der Waals surface area contributed by atoms with E-state index in [9.17, 15) is 10.1 Å². The molecule has 0 atom stereocenters. The highest BCUT2D eigenvalue weighted by Crippen LogP contribution is 2.28. The van der Waals surface area contributed by atoms with E-state index >= 15 is 0 Å². The highest BCUT2D eigenvalue weighted by molar-refractivity contribution is 9.10. The lowest BCUT2D eigenvalue weighted by Crippen LogP contribution is -2.13. The molecule has 0 bridgehead atoms. The molecule has 0 saturated carbocycles. The van der Waals surface area contributed by atoms with Crippen LogP contribution in [-0.2, 0) is 17.8 Å². The Bertz CT molecular complexity index is 1150. The number of hydrogen-bond donors (Lipinski definition) is 1. The number of halogens is 2. The summed E-state index contributed by atoms with van der Waals surface area (Å²) in [7, 11) is 0. The van der Waals surface area contributed by atoms with Crippen LogP contribution in [-0.4, -0.2) is 5.91 Å². The van der Waals surface area contributed by atoms with E-state index in [0.717, 1.165) is 20.9 Å². The molecule has 0 aromatic heterocycles. The van der Waals surface area contributed by atoms with Crippen molar-refractivity contribution in [3.63, 3.8) is 0 Å². The van der Waals surface area contributed by atoms with Crippen LogP contribution in [0.2, 0.25) is 0 Å². The fourth-order valence-corrected chi connectivity index (χ4v) is 3.74. The van der Waals surface area contributed by atoms with Crippen LogP contribution in [0.25, 0.3) is 6.08 Å². The Morgan fingerprint density at radius 2 is 1.81 bits per heavy atom. The largest absolute Gasteiger partial charge is 0.488 e. The molecule has 0 saturated heterocycles. The van der Waals surface area contributed by atoms with E-state index in [0.29, 0.717) is 23.6 Å². The van der Waals surface area contributed by atoms with Crippen LogP contribution in [0.5, 0.6) is 5.75 Å². The van der Waals surface area contributed by atoms with Gasteiger partial charge in [-0.15, -0.1) is 0 Å². The molecular formula is C25H20Br2N2O2. The van der Waals surface area contributed by atoms with Crippen LogP contribution in [0, 0.1) is 11.3 Å². The van der Waals surface area contributed by atoms with Crippen LogP contribution in [0.4, 0.5) is 5.69 Å². The maximum atomic E-state index is 12.5. The van der Waals surface area contributed by atoms with Crippen molar-refractivity contribution in [3.8, 4) is 11.8 Å². The van der Waals surface area contributed by atoms with Crippen molar-refractivity contribution < 1.29 is 9.53 Å². The van der Waals surface area contributed by atoms with Crippen molar-refractivity contribution >= 4 is 49.5 Å². The van der Waals surface area contributed by atoms with Crippen molar-refractivity contribution in [3.05, 3.63) is 97.9 Å². The summed E-state index contributed by atoms with van der Waals surface area (Å²) in [5.74, 6) is 0.226. The Morgan fingerprint density at radius 1 is 1.06 bits per heavy atom. The van der Waals surface area contributed by atoms with Gasteiger partial charge in [-0.25, -0.2) is 0 Å². The molecule has 6 heteroatoms. The second-order valence-electron chi connectivity index (χ2n) is 6.74. The van der Waals surface area contributed by atoms with E-state index in [4.69, 9.17) is 4.74 Å². The minimum absolute atomic E-state index is 0.0216. The maximum absolute atomic E-state index is 12.5. The molecule has 0 heterocycles. The second-order valence-corrected chi connectivity index (χ2v) is 8.45. The average Bonchev–Trinajstić information content (AvgIpc) is 2.78. The number of amides is 1. The third-order valence-corrected chi connectivity index (χ3v) is 5.99. The van der Waals surface area contributed by atoms with Crippen LogP contribution in [0.3, 0.4) is 0 Å². The molecule has 156 valence electrons. The lowest BCUT2D eigenvalue weighted by atomic mass is 10.1. The monoisotopic (exact) mass is 538 g/mol. The topological polar surface area (TPSA) is 62.1 Å². The molecule has 0 aliphatic carbocycles. The first-order valence-corrected chi connectivity index (χ1v) is 11.3. The molecule has 3 aromatic carbocycles. The van der Waals surface area contributed by atoms with Crippen molar-refractivity contribution in [1.82, 2.24) is 0 Å². The molecule has 0 radical (unpaired) electrons. The van der Waals surface area contributed by atoms with Crippen LogP contribution >= 0.6 is 31.9 Å². The predicted octanol–water partition coefficient (Wildman–Crippen LogP) is 6.90. The Labute approximate surface area is 198 Å². The zero-order chi connectivity index (χ0) is 22.2. The van der Waals surface area contributed by atoms with Crippen LogP contribution in [0.1, 0.15) is 23.6 Å². The van der Waals surface area contributed by atoms with Gasteiger partial charge in [0.1, 0.15) is 24.0 Å². The van der Waals surface area contributed by atoms with E-state index in [1.807, 2.05) is 66.7 Å². The number of carbonyl (C=O) groups excluding carboxylic acids is 1. The lowest BCUT2D eigenvalue weighted by Gasteiger charge is -2.10. The van der Waals surface area contributed by atoms with Gasteiger partial charge in [0.25, 0.3) is 5.91 Å². The summed E-state index contributed by atoms with van der Waals surface area (Å²) in [5.41, 5.74) is 3.61. The molecule has 1 N–H and O–H groups in total. The SMILES string of the molecule is CCc1ccc(NC(=O)/C(C#N)=C/c2ccc(OCc3ccccc3Br)c(Br)c2)cc1. The average molecular weight is 540 g/mol. The van der Waals surface area contributed by atoms with Gasteiger partial charge in [0.05, 0.1) is 4.47 Å². The molecule has 0 aliphatic rings. The van der Waals surface area contributed by atoms with Crippen LogP contribution < -0.4 is 10.1 Å². The number of anilines is 1. The molecule has 0 unspecified atom stereocenters. The van der Waals surface area contributed by atoms with E-state index in [-0.39, 0.29) is 5.57 Å². The summed E-state index contributed by atoms with van der Waals surface area (Å²) in [6.45, 7) is 2.48. The number of rotatable bonds is 7. The Morgan fingerprint density at radius 3 is 2.45 bits per heavy atom. The molecular weight excluding hydrogens is 520 g/mol. The van der Waals surface area contributed by atoms with Gasteiger partial charge in [-0.2, -0.15) is 5.26 Å². The van der Waals surface area contributed by atoms with Gasteiger partial charge < -0.3 is 10.1 Å². The van der Waals surface area contributed by atoms with E-state index in [1.54, 1.807) is 12.1 Å². The Balaban J connectivity index is 1.70. The summed E-state index contributed by atoms with van der Waals surface area (Å²) in [6.07, 6.45) is 2.48. The third kappa shape index (κ3) is 6.30. The van der Waals surface area contributed by atoms with Gasteiger partial charge in [0.15, 0.2) is 0 Å². The lowest BCUT2D eigenvalue weighted by molar-refractivity contribution is -0.112. The highest BCUT2D eigenvalue weighted by atomic mass is 79.9. The number of nitrogens with zero attached hydrogens (tertiary/aromatic N) is 1. The van der Waals surface area contributed by atoms with Gasteiger partial charge >= 0.3 is 0 Å². The third-order valence-electron chi connectivity index (χ3n) is 4.59. The fraction of sp³-hybridized carbons (Fsp3) is 0.120. The number of hydrogen-bond acceptors (Lipinski definition) is 3. The highest BCUT2D eigenvalue weighted by Gasteiger charge is 2.11. The summed E-state index contributed by atoms with van der Waals surface area (Å²) >= 11 is 7.02. The van der Waals surface area contributed by atoms with E-state index in [2.05, 4.69) is 44.1 Å². The Hall–Kier alpha value is -2.88. The predicted molar refractivity (Wildman–Crippen MR) is 131 cm³/mol. The zero-order valence-electron chi connectivity index (χ0n) is 16.9. The maximum Gasteiger partial charge on any atom is 0.266 e. The normalized spacial score (nSPS) is 11.0. The summed E-state index contributed by atoms with van der Waals surface area (Å²) in [4.78, 5) is 12.5. The minimum Gasteiger partial charge on any atom is -0.488 e. The van der Waals surface area contributed by atoms with E-state index in [1.165, 1.54) is 5.56 Å². The molecule has 4 nitrogen and oxygen atoms in total. The molecule has 1 amide bonds. The van der Waals surface area contributed by atoms with Crippen molar-refractivity contribution in [2.75, 3.05) is 5.32 Å². The molecule has 0 spiro atoms. The van der Waals surface area contributed by atoms with Gasteiger partial charge in [0, 0.05) is 15.7 Å². The standard InChI is InChI=1S/C25H20Br2N2O2/c1-2-17-7-10-21(11-8-17)29-25(30)20(15-28)13-18-9-12-24(23(27)14-18)31-16-19-5-3-4-6-22(19)26/h3-14H,2,16H2,1H3,(H,29,30)/b20-13+. The molecule has 31 heavy (non-hydrogen) atoms. The van der Waals surface area contributed by atoms with Gasteiger partial charge in [-0.05, 0) is 69.9 Å². The smallest absolute Gasteiger partial charge is 0.266 e. The zero-order valence-corrected chi connectivity index (χ0v) is 20.0. The van der Waals surface area contributed by atoms with Gasteiger partial charge in [0.2, 0.25) is 0 Å². The number of aryl methyl sites for hydroxylation is 1. The Kier molecular flexibility index (Phi) is 8.05. The first-order valence-electron chi connectivity index (χ1n) is 9.68. The first kappa shape index (κ1) is 22.8. The summed E-state index contributed by atoms with van der Waals surface area (Å²) < 4.78 is 7.62. The summed E-state index contributed by atoms with van der Waals surface area (Å²) in [6, 6.07) is 22.8. The van der Waals surface area contributed by atoms with Crippen molar-refractivity contribution in [2.45, 2.75) is 20.0 Å². The first-order chi connectivity index (χ1) is 15.0. The van der Waals surface area contributed by atoms with E-state index < -0.39 is 5.91 Å². The molecule has 0 aliphatic heterocycles. The van der Waals surface area contributed by atoms with Crippen molar-refractivity contribution in [1.29, 1.82) is 5.26 Å². The van der Waals surface area contributed by atoms with Crippen molar-refractivity contribution in [2.24, 2.45) is 0 Å². The number of carbonyl (C=O) groups is 1. The molecule has 3 rings (SSSR count).